The minimum Gasteiger partial charge on any atom is -0.330 e. The summed E-state index contributed by atoms with van der Waals surface area (Å²) in [6.45, 7) is 1.46. The Hall–Kier alpha value is -0.340. The molecule has 0 saturated heterocycles. The summed E-state index contributed by atoms with van der Waals surface area (Å²) in [7, 11) is 0. The summed E-state index contributed by atoms with van der Waals surface area (Å²) in [6.07, 6.45) is 7.52. The third-order valence-electron chi connectivity index (χ3n) is 1.13. The third-order valence-corrected chi connectivity index (χ3v) is 1.13. The molecule has 9 heavy (non-hydrogen) atoms. The van der Waals surface area contributed by atoms with Gasteiger partial charge >= 0.3 is 0 Å². The summed E-state index contributed by atoms with van der Waals surface area (Å²) in [5.74, 6) is 0. The van der Waals surface area contributed by atoms with E-state index in [1.165, 1.54) is 6.42 Å². The Kier molecular flexibility index (Phi) is 7.37. The normalized spacial score (nSPS) is 10.9. The Bertz CT molecular complexity index is 69.3. The summed E-state index contributed by atoms with van der Waals surface area (Å²) in [5, 5.41) is 0. The Balaban J connectivity index is 2.82. The van der Waals surface area contributed by atoms with Crippen LogP contribution in [0.15, 0.2) is 12.2 Å². The lowest BCUT2D eigenvalue weighted by molar-refractivity contribution is 0.757. The van der Waals surface area contributed by atoms with Crippen LogP contribution in [0.4, 0.5) is 0 Å². The zero-order valence-electron chi connectivity index (χ0n) is 5.84. The Labute approximate surface area is 56.9 Å². The molecule has 0 fully saturated rings. The molecular weight excluding hydrogens is 112 g/mol. The van der Waals surface area contributed by atoms with E-state index in [-0.39, 0.29) is 0 Å². The van der Waals surface area contributed by atoms with Gasteiger partial charge in [-0.15, -0.1) is 0 Å². The van der Waals surface area contributed by atoms with Crippen molar-refractivity contribution >= 4 is 0 Å². The Morgan fingerprint density at radius 3 is 2.33 bits per heavy atom. The van der Waals surface area contributed by atoms with Crippen LogP contribution in [0.1, 0.15) is 19.3 Å². The summed E-state index contributed by atoms with van der Waals surface area (Å²) in [5.41, 5.74) is 10.5. The molecule has 0 saturated carbocycles. The van der Waals surface area contributed by atoms with E-state index in [0.29, 0.717) is 6.54 Å². The molecule has 0 unspecified atom stereocenters. The molecule has 0 atom stereocenters. The second-order valence-electron chi connectivity index (χ2n) is 1.99. The van der Waals surface area contributed by atoms with E-state index in [1.807, 2.05) is 6.08 Å². The molecule has 0 aromatic heterocycles. The number of hydrogen-bond donors (Lipinski definition) is 2. The van der Waals surface area contributed by atoms with Gasteiger partial charge in [-0.2, -0.15) is 0 Å². The number of unbranched alkanes of at least 4 members (excludes halogenated alkanes) is 2. The van der Waals surface area contributed by atoms with Crippen LogP contribution >= 0.6 is 0 Å². The fourth-order valence-electron chi connectivity index (χ4n) is 0.621. The quantitative estimate of drug-likeness (QED) is 0.421. The molecule has 0 aliphatic heterocycles. The molecule has 0 heterocycles. The van der Waals surface area contributed by atoms with Crippen molar-refractivity contribution in [1.82, 2.24) is 0 Å². The van der Waals surface area contributed by atoms with Crippen LogP contribution in [0.2, 0.25) is 0 Å². The first-order valence-electron chi connectivity index (χ1n) is 3.47. The van der Waals surface area contributed by atoms with Crippen molar-refractivity contribution in [3.63, 3.8) is 0 Å². The van der Waals surface area contributed by atoms with E-state index < -0.39 is 0 Å². The van der Waals surface area contributed by atoms with Crippen LogP contribution in [0.5, 0.6) is 0 Å². The van der Waals surface area contributed by atoms with Crippen molar-refractivity contribution in [1.29, 1.82) is 0 Å². The van der Waals surface area contributed by atoms with Gasteiger partial charge in [0.2, 0.25) is 0 Å². The van der Waals surface area contributed by atoms with Gasteiger partial charge in [-0.05, 0) is 25.8 Å². The Morgan fingerprint density at radius 1 is 1.00 bits per heavy atom. The monoisotopic (exact) mass is 128 g/mol. The van der Waals surface area contributed by atoms with Gasteiger partial charge in [0.15, 0.2) is 0 Å². The predicted octanol–water partition coefficient (Wildman–Crippen LogP) is 0.630. The standard InChI is InChI=1S/C7H16N2/c8-6-4-2-1-3-5-7-9/h2,4H,1,3,5-9H2/b4-2-. The molecular formula is C7H16N2. The smallest absolute Gasteiger partial charge is 0.0106 e. The maximum Gasteiger partial charge on any atom is 0.0106 e. The number of hydrogen-bond acceptors (Lipinski definition) is 2. The minimum absolute atomic E-state index is 0.655. The molecule has 2 nitrogen and oxygen atoms in total. The molecule has 54 valence electrons. The minimum atomic E-state index is 0.655. The van der Waals surface area contributed by atoms with E-state index in [4.69, 9.17) is 11.5 Å². The number of nitrogens with two attached hydrogens (primary N) is 2. The first-order chi connectivity index (χ1) is 4.41. The maximum absolute atomic E-state index is 5.29. The van der Waals surface area contributed by atoms with E-state index in [1.54, 1.807) is 0 Å². The highest BCUT2D eigenvalue weighted by molar-refractivity contribution is 4.81. The van der Waals surface area contributed by atoms with E-state index in [9.17, 15) is 0 Å². The molecule has 0 spiro atoms. The summed E-state index contributed by atoms with van der Waals surface area (Å²) in [6, 6.07) is 0. The highest BCUT2D eigenvalue weighted by atomic mass is 14.5. The average molecular weight is 128 g/mol. The summed E-state index contributed by atoms with van der Waals surface area (Å²) >= 11 is 0. The SMILES string of the molecule is NC/C=C\CCCCN. The number of rotatable bonds is 5. The molecule has 0 aliphatic carbocycles. The highest BCUT2D eigenvalue weighted by Gasteiger charge is 1.79. The van der Waals surface area contributed by atoms with E-state index >= 15 is 0 Å². The highest BCUT2D eigenvalue weighted by Crippen LogP contribution is 1.93. The molecule has 0 radical (unpaired) electrons. The van der Waals surface area contributed by atoms with Gasteiger partial charge in [0, 0.05) is 6.54 Å². The lowest BCUT2D eigenvalue weighted by atomic mass is 10.2. The lowest BCUT2D eigenvalue weighted by Gasteiger charge is -1.90. The molecule has 0 aromatic rings. The summed E-state index contributed by atoms with van der Waals surface area (Å²) < 4.78 is 0. The zero-order chi connectivity index (χ0) is 6.95. The summed E-state index contributed by atoms with van der Waals surface area (Å²) in [4.78, 5) is 0. The van der Waals surface area contributed by atoms with Crippen LogP contribution in [0.3, 0.4) is 0 Å². The van der Waals surface area contributed by atoms with Crippen molar-refractivity contribution in [2.75, 3.05) is 13.1 Å². The van der Waals surface area contributed by atoms with Crippen LogP contribution in [-0.4, -0.2) is 13.1 Å². The van der Waals surface area contributed by atoms with Gasteiger partial charge in [0.25, 0.3) is 0 Å². The van der Waals surface area contributed by atoms with Crippen molar-refractivity contribution in [3.8, 4) is 0 Å². The topological polar surface area (TPSA) is 52.0 Å². The van der Waals surface area contributed by atoms with Gasteiger partial charge < -0.3 is 11.5 Å². The van der Waals surface area contributed by atoms with E-state index in [2.05, 4.69) is 6.08 Å². The fraction of sp³-hybridized carbons (Fsp3) is 0.714. The Morgan fingerprint density at radius 2 is 1.78 bits per heavy atom. The third kappa shape index (κ3) is 7.66. The van der Waals surface area contributed by atoms with E-state index in [0.717, 1.165) is 19.4 Å². The van der Waals surface area contributed by atoms with Crippen molar-refractivity contribution in [2.24, 2.45) is 11.5 Å². The van der Waals surface area contributed by atoms with Crippen molar-refractivity contribution < 1.29 is 0 Å². The van der Waals surface area contributed by atoms with Gasteiger partial charge in [-0.3, -0.25) is 0 Å². The van der Waals surface area contributed by atoms with Gasteiger partial charge in [0.05, 0.1) is 0 Å². The van der Waals surface area contributed by atoms with Gasteiger partial charge in [-0.1, -0.05) is 12.2 Å². The molecule has 0 amide bonds. The predicted molar refractivity (Wildman–Crippen MR) is 41.1 cm³/mol. The average Bonchev–Trinajstić information content (AvgIpc) is 1.89. The molecule has 0 aliphatic rings. The largest absolute Gasteiger partial charge is 0.330 e. The first kappa shape index (κ1) is 8.66. The van der Waals surface area contributed by atoms with Gasteiger partial charge in [0.1, 0.15) is 0 Å². The fourth-order valence-corrected chi connectivity index (χ4v) is 0.621. The van der Waals surface area contributed by atoms with Crippen LogP contribution in [0, 0.1) is 0 Å². The second-order valence-corrected chi connectivity index (χ2v) is 1.99. The first-order valence-corrected chi connectivity index (χ1v) is 3.47. The van der Waals surface area contributed by atoms with Crippen molar-refractivity contribution in [3.05, 3.63) is 12.2 Å². The number of allylic oxidation sites excluding steroid dienone is 1. The van der Waals surface area contributed by atoms with Crippen molar-refractivity contribution in [2.45, 2.75) is 19.3 Å². The molecule has 2 heteroatoms. The molecule has 4 N–H and O–H groups in total. The second kappa shape index (κ2) is 7.66. The van der Waals surface area contributed by atoms with Gasteiger partial charge in [-0.25, -0.2) is 0 Å². The molecule has 0 bridgehead atoms. The van der Waals surface area contributed by atoms with Crippen LogP contribution < -0.4 is 11.5 Å². The molecule has 0 aromatic carbocycles. The van der Waals surface area contributed by atoms with Crippen LogP contribution in [0.25, 0.3) is 0 Å². The van der Waals surface area contributed by atoms with Crippen LogP contribution in [-0.2, 0) is 0 Å². The zero-order valence-corrected chi connectivity index (χ0v) is 5.84. The lowest BCUT2D eigenvalue weighted by Crippen LogP contribution is -1.97. The maximum atomic E-state index is 5.29. The molecule has 0 rings (SSSR count).